The molecule has 0 amide bonds. The maximum atomic E-state index is 2.96. The SMILES string of the molecule is CCCC/C=C(\C)CC/C=C(\C)CCCC(C)CCc1ccc(C)c(C)c1P. The molecule has 1 heteroatoms. The molecule has 0 heterocycles. The number of benzene rings is 1. The number of hydrogen-bond acceptors (Lipinski definition) is 0. The van der Waals surface area contributed by atoms with Crippen molar-refractivity contribution in [3.8, 4) is 0 Å². The van der Waals surface area contributed by atoms with E-state index in [1.54, 1.807) is 11.1 Å². The molecule has 2 atom stereocenters. The summed E-state index contributed by atoms with van der Waals surface area (Å²) in [5, 5.41) is 1.42. The van der Waals surface area contributed by atoms with Crippen LogP contribution in [-0.4, -0.2) is 0 Å². The lowest BCUT2D eigenvalue weighted by Gasteiger charge is -2.14. The van der Waals surface area contributed by atoms with Gasteiger partial charge in [0.1, 0.15) is 0 Å². The highest BCUT2D eigenvalue weighted by Crippen LogP contribution is 2.20. The van der Waals surface area contributed by atoms with Crippen molar-refractivity contribution in [1.29, 1.82) is 0 Å². The van der Waals surface area contributed by atoms with Crippen LogP contribution < -0.4 is 5.30 Å². The summed E-state index contributed by atoms with van der Waals surface area (Å²) in [7, 11) is 2.96. The van der Waals surface area contributed by atoms with E-state index in [2.05, 4.69) is 75.1 Å². The maximum Gasteiger partial charge on any atom is -0.0239 e. The van der Waals surface area contributed by atoms with Crippen molar-refractivity contribution in [2.45, 2.75) is 106 Å². The fourth-order valence-electron chi connectivity index (χ4n) is 3.69. The Morgan fingerprint density at radius 2 is 1.64 bits per heavy atom. The Kier molecular flexibility index (Phi) is 12.7. The van der Waals surface area contributed by atoms with Gasteiger partial charge in [-0.25, -0.2) is 0 Å². The predicted molar refractivity (Wildman–Crippen MR) is 133 cm³/mol. The molecule has 0 saturated carbocycles. The summed E-state index contributed by atoms with van der Waals surface area (Å²) in [6, 6.07) is 4.60. The molecule has 0 saturated heterocycles. The molecule has 28 heavy (non-hydrogen) atoms. The number of unbranched alkanes of at least 4 members (excludes halogenated alkanes) is 2. The zero-order chi connectivity index (χ0) is 20.9. The quantitative estimate of drug-likeness (QED) is 0.177. The van der Waals surface area contributed by atoms with Crippen LogP contribution in [0.1, 0.15) is 102 Å². The van der Waals surface area contributed by atoms with Gasteiger partial charge in [0.25, 0.3) is 0 Å². The summed E-state index contributed by atoms with van der Waals surface area (Å²) in [5.74, 6) is 0.808. The number of allylic oxidation sites excluding steroid dienone is 4. The van der Waals surface area contributed by atoms with Gasteiger partial charge in [-0.2, -0.15) is 0 Å². The lowest BCUT2D eigenvalue weighted by atomic mass is 9.94. The van der Waals surface area contributed by atoms with Crippen LogP contribution in [0.15, 0.2) is 35.4 Å². The highest BCUT2D eigenvalue weighted by molar-refractivity contribution is 7.27. The third-order valence-corrected chi connectivity index (χ3v) is 6.94. The van der Waals surface area contributed by atoms with Crippen molar-refractivity contribution in [3.63, 3.8) is 0 Å². The largest absolute Gasteiger partial charge is 0.105 e. The molecule has 0 aromatic heterocycles. The number of hydrogen-bond donors (Lipinski definition) is 0. The normalized spacial score (nSPS) is 13.8. The van der Waals surface area contributed by atoms with Crippen LogP contribution in [0, 0.1) is 19.8 Å². The van der Waals surface area contributed by atoms with E-state index < -0.39 is 0 Å². The molecule has 1 aromatic carbocycles. The second kappa shape index (κ2) is 14.2. The van der Waals surface area contributed by atoms with Gasteiger partial charge in [-0.05, 0) is 101 Å². The van der Waals surface area contributed by atoms with Gasteiger partial charge in [0.05, 0.1) is 0 Å². The summed E-state index contributed by atoms with van der Waals surface area (Å²) >= 11 is 0. The third kappa shape index (κ3) is 10.1. The van der Waals surface area contributed by atoms with Crippen molar-refractivity contribution in [2.24, 2.45) is 5.92 Å². The molecular formula is C27H45P. The van der Waals surface area contributed by atoms with Crippen molar-refractivity contribution < 1.29 is 0 Å². The van der Waals surface area contributed by atoms with Gasteiger partial charge in [-0.1, -0.05) is 68.5 Å². The Morgan fingerprint density at radius 3 is 2.36 bits per heavy atom. The Balaban J connectivity index is 2.25. The third-order valence-electron chi connectivity index (χ3n) is 6.13. The topological polar surface area (TPSA) is 0 Å². The molecule has 0 aliphatic rings. The van der Waals surface area contributed by atoms with E-state index in [9.17, 15) is 0 Å². The zero-order valence-electron chi connectivity index (χ0n) is 19.5. The molecule has 0 spiro atoms. The molecule has 1 aromatic rings. The minimum absolute atomic E-state index is 0.808. The van der Waals surface area contributed by atoms with Gasteiger partial charge >= 0.3 is 0 Å². The first-order valence-electron chi connectivity index (χ1n) is 11.5. The van der Waals surface area contributed by atoms with Crippen LogP contribution in [0.5, 0.6) is 0 Å². The fourth-order valence-corrected chi connectivity index (χ4v) is 4.16. The second-order valence-corrected chi connectivity index (χ2v) is 9.48. The van der Waals surface area contributed by atoms with Crippen LogP contribution in [0.2, 0.25) is 0 Å². The Labute approximate surface area is 178 Å². The molecule has 0 fully saturated rings. The summed E-state index contributed by atoms with van der Waals surface area (Å²) in [5.41, 5.74) is 7.49. The monoisotopic (exact) mass is 400 g/mol. The van der Waals surface area contributed by atoms with Gasteiger partial charge in [0, 0.05) is 0 Å². The summed E-state index contributed by atoms with van der Waals surface area (Å²) in [6.07, 6.45) is 17.7. The fraction of sp³-hybridized carbons (Fsp3) is 0.630. The molecule has 0 aliphatic heterocycles. The smallest absolute Gasteiger partial charge is 0.0239 e. The van der Waals surface area contributed by atoms with Gasteiger partial charge in [0.2, 0.25) is 0 Å². The zero-order valence-corrected chi connectivity index (χ0v) is 20.7. The standard InChI is InChI=1S/C27H45P/c1-7-8-9-12-21(2)13-10-14-22(3)15-11-16-23(4)17-19-26-20-18-24(5)25(6)27(26)28/h12,14,18,20,23H,7-11,13,15-17,19,28H2,1-6H3/b21-12+,22-14+. The van der Waals surface area contributed by atoms with Crippen LogP contribution in [0.25, 0.3) is 0 Å². The van der Waals surface area contributed by atoms with E-state index in [1.165, 1.54) is 86.2 Å². The van der Waals surface area contributed by atoms with Crippen molar-refractivity contribution in [1.82, 2.24) is 0 Å². The van der Waals surface area contributed by atoms with Crippen LogP contribution in [-0.2, 0) is 6.42 Å². The first-order chi connectivity index (χ1) is 13.3. The van der Waals surface area contributed by atoms with Crippen LogP contribution in [0.4, 0.5) is 0 Å². The van der Waals surface area contributed by atoms with Crippen LogP contribution >= 0.6 is 9.24 Å². The molecule has 2 unspecified atom stereocenters. The first kappa shape index (κ1) is 25.2. The molecule has 0 nitrogen and oxygen atoms in total. The number of rotatable bonds is 13. The second-order valence-electron chi connectivity index (χ2n) is 8.90. The Hall–Kier alpha value is -0.870. The number of aryl methyl sites for hydroxylation is 2. The summed E-state index contributed by atoms with van der Waals surface area (Å²) in [6.45, 7) is 13.7. The van der Waals surface area contributed by atoms with Gasteiger partial charge < -0.3 is 0 Å². The average Bonchev–Trinajstić information content (AvgIpc) is 2.66. The average molecular weight is 401 g/mol. The van der Waals surface area contributed by atoms with E-state index in [0.29, 0.717) is 0 Å². The van der Waals surface area contributed by atoms with Gasteiger partial charge in [-0.3, -0.25) is 0 Å². The summed E-state index contributed by atoms with van der Waals surface area (Å²) < 4.78 is 0. The highest BCUT2D eigenvalue weighted by Gasteiger charge is 2.07. The molecule has 0 aliphatic carbocycles. The molecular weight excluding hydrogens is 355 g/mol. The van der Waals surface area contributed by atoms with E-state index >= 15 is 0 Å². The van der Waals surface area contributed by atoms with E-state index in [4.69, 9.17) is 0 Å². The molecule has 0 N–H and O–H groups in total. The van der Waals surface area contributed by atoms with Crippen molar-refractivity contribution in [2.75, 3.05) is 0 Å². The molecule has 0 radical (unpaired) electrons. The molecule has 0 bridgehead atoms. The maximum absolute atomic E-state index is 2.96. The minimum Gasteiger partial charge on any atom is -0.105 e. The van der Waals surface area contributed by atoms with E-state index in [1.807, 2.05) is 0 Å². The lowest BCUT2D eigenvalue weighted by Crippen LogP contribution is -2.09. The van der Waals surface area contributed by atoms with Gasteiger partial charge in [-0.15, -0.1) is 9.24 Å². The minimum atomic E-state index is 0.808. The molecule has 158 valence electrons. The first-order valence-corrected chi connectivity index (χ1v) is 12.1. The van der Waals surface area contributed by atoms with Crippen molar-refractivity contribution in [3.05, 3.63) is 52.1 Å². The van der Waals surface area contributed by atoms with Crippen LogP contribution in [0.3, 0.4) is 0 Å². The van der Waals surface area contributed by atoms with E-state index in [-0.39, 0.29) is 0 Å². The predicted octanol–water partition coefficient (Wildman–Crippen LogP) is 8.41. The van der Waals surface area contributed by atoms with Crippen molar-refractivity contribution >= 4 is 14.5 Å². The Bertz CT molecular complexity index is 636. The highest BCUT2D eigenvalue weighted by atomic mass is 31.0. The van der Waals surface area contributed by atoms with E-state index in [0.717, 1.165) is 5.92 Å². The molecule has 1 rings (SSSR count). The Morgan fingerprint density at radius 1 is 0.964 bits per heavy atom. The summed E-state index contributed by atoms with van der Waals surface area (Å²) in [4.78, 5) is 0. The van der Waals surface area contributed by atoms with Gasteiger partial charge in [0.15, 0.2) is 0 Å². The lowest BCUT2D eigenvalue weighted by molar-refractivity contribution is 0.475.